The third-order valence-corrected chi connectivity index (χ3v) is 6.01. The van der Waals surface area contributed by atoms with Gasteiger partial charge in [-0.3, -0.25) is 9.59 Å². The van der Waals surface area contributed by atoms with Crippen molar-refractivity contribution in [3.8, 4) is 11.3 Å². The second kappa shape index (κ2) is 7.97. The Morgan fingerprint density at radius 1 is 1.14 bits per heavy atom. The summed E-state index contributed by atoms with van der Waals surface area (Å²) in [5.41, 5.74) is 3.90. The molecule has 2 aromatic carbocycles. The van der Waals surface area contributed by atoms with Gasteiger partial charge in [0.1, 0.15) is 4.88 Å². The SMILES string of the molecule is CN(C)C(=O)c1ccc(NC(=O)c2snc(-c3ccccc3)c2C2CC2)cc1Cl. The summed E-state index contributed by atoms with van der Waals surface area (Å²) in [7, 11) is 3.34. The van der Waals surface area contributed by atoms with Crippen molar-refractivity contribution in [3.05, 3.63) is 69.6 Å². The van der Waals surface area contributed by atoms with Gasteiger partial charge in [0.25, 0.3) is 11.8 Å². The molecule has 1 saturated carbocycles. The van der Waals surface area contributed by atoms with Crippen molar-refractivity contribution in [3.63, 3.8) is 0 Å². The summed E-state index contributed by atoms with van der Waals surface area (Å²) in [6, 6.07) is 14.9. The molecule has 1 heterocycles. The maximum absolute atomic E-state index is 13.0. The number of carbonyl (C=O) groups excluding carboxylic acids is 2. The molecule has 0 radical (unpaired) electrons. The van der Waals surface area contributed by atoms with Crippen molar-refractivity contribution >= 4 is 40.6 Å². The third-order valence-electron chi connectivity index (χ3n) is 4.83. The van der Waals surface area contributed by atoms with Crippen molar-refractivity contribution in [2.24, 2.45) is 0 Å². The molecular weight excluding hydrogens is 406 g/mol. The highest BCUT2D eigenvalue weighted by Gasteiger charge is 2.33. The minimum absolute atomic E-state index is 0.182. The van der Waals surface area contributed by atoms with E-state index in [4.69, 9.17) is 11.6 Å². The molecule has 4 rings (SSSR count). The fraction of sp³-hybridized carbons (Fsp3) is 0.227. The van der Waals surface area contributed by atoms with E-state index in [0.29, 0.717) is 27.1 Å². The van der Waals surface area contributed by atoms with E-state index in [-0.39, 0.29) is 11.8 Å². The maximum Gasteiger partial charge on any atom is 0.267 e. The average molecular weight is 426 g/mol. The van der Waals surface area contributed by atoms with Gasteiger partial charge in [-0.2, -0.15) is 4.37 Å². The Kier molecular flexibility index (Phi) is 5.39. The molecule has 7 heteroatoms. The van der Waals surface area contributed by atoms with Gasteiger partial charge in [-0.15, -0.1) is 0 Å². The Balaban J connectivity index is 1.60. The minimum atomic E-state index is -0.200. The number of hydrogen-bond donors (Lipinski definition) is 1. The molecule has 0 aliphatic heterocycles. The first kappa shape index (κ1) is 19.6. The number of rotatable bonds is 5. The van der Waals surface area contributed by atoms with Gasteiger partial charge in [0, 0.05) is 30.9 Å². The molecule has 1 aliphatic carbocycles. The van der Waals surface area contributed by atoms with Crippen molar-refractivity contribution in [2.75, 3.05) is 19.4 Å². The molecule has 29 heavy (non-hydrogen) atoms. The van der Waals surface area contributed by atoms with Crippen LogP contribution in [0.5, 0.6) is 0 Å². The van der Waals surface area contributed by atoms with E-state index in [2.05, 4.69) is 9.69 Å². The van der Waals surface area contributed by atoms with Crippen molar-refractivity contribution < 1.29 is 9.59 Å². The summed E-state index contributed by atoms with van der Waals surface area (Å²) in [5, 5.41) is 3.21. The number of amides is 2. The minimum Gasteiger partial charge on any atom is -0.345 e. The summed E-state index contributed by atoms with van der Waals surface area (Å²) >= 11 is 7.49. The Morgan fingerprint density at radius 2 is 1.86 bits per heavy atom. The number of nitrogens with zero attached hydrogens (tertiary/aromatic N) is 2. The fourth-order valence-electron chi connectivity index (χ4n) is 3.21. The van der Waals surface area contributed by atoms with Gasteiger partial charge >= 0.3 is 0 Å². The maximum atomic E-state index is 13.0. The molecule has 2 amide bonds. The van der Waals surface area contributed by atoms with Crippen LogP contribution in [0.25, 0.3) is 11.3 Å². The summed E-state index contributed by atoms with van der Waals surface area (Å²) in [4.78, 5) is 27.2. The van der Waals surface area contributed by atoms with E-state index in [1.165, 1.54) is 16.4 Å². The molecule has 0 bridgehead atoms. The van der Waals surface area contributed by atoms with Crippen LogP contribution in [0.4, 0.5) is 5.69 Å². The normalized spacial score (nSPS) is 13.2. The van der Waals surface area contributed by atoms with E-state index < -0.39 is 0 Å². The Morgan fingerprint density at radius 3 is 2.48 bits per heavy atom. The Bertz CT molecular complexity index is 1070. The second-order valence-electron chi connectivity index (χ2n) is 7.26. The Hall–Kier alpha value is -2.70. The zero-order valence-electron chi connectivity index (χ0n) is 16.1. The highest BCUT2D eigenvalue weighted by Crippen LogP contribution is 2.47. The van der Waals surface area contributed by atoms with Gasteiger partial charge in [-0.05, 0) is 48.5 Å². The predicted molar refractivity (Wildman–Crippen MR) is 117 cm³/mol. The lowest BCUT2D eigenvalue weighted by molar-refractivity contribution is 0.0827. The summed E-state index contributed by atoms with van der Waals surface area (Å²) in [5.74, 6) is 0.00146. The highest BCUT2D eigenvalue weighted by molar-refractivity contribution is 7.08. The van der Waals surface area contributed by atoms with Gasteiger partial charge in [0.05, 0.1) is 16.3 Å². The van der Waals surface area contributed by atoms with Crippen LogP contribution in [-0.2, 0) is 0 Å². The lowest BCUT2D eigenvalue weighted by Crippen LogP contribution is -2.22. The molecule has 0 spiro atoms. The van der Waals surface area contributed by atoms with Crippen LogP contribution in [0.1, 0.15) is 44.4 Å². The molecule has 0 saturated heterocycles. The van der Waals surface area contributed by atoms with Gasteiger partial charge in [0.15, 0.2) is 0 Å². The van der Waals surface area contributed by atoms with Gasteiger partial charge < -0.3 is 10.2 Å². The first-order valence-electron chi connectivity index (χ1n) is 9.33. The smallest absolute Gasteiger partial charge is 0.267 e. The number of benzene rings is 2. The van der Waals surface area contributed by atoms with Crippen LogP contribution in [0.3, 0.4) is 0 Å². The van der Waals surface area contributed by atoms with Crippen LogP contribution in [0.15, 0.2) is 48.5 Å². The van der Waals surface area contributed by atoms with Crippen LogP contribution in [0.2, 0.25) is 5.02 Å². The molecule has 1 fully saturated rings. The van der Waals surface area contributed by atoms with E-state index >= 15 is 0 Å². The number of nitrogens with one attached hydrogen (secondary N) is 1. The Labute approximate surface area is 178 Å². The number of halogens is 1. The van der Waals surface area contributed by atoms with Gasteiger partial charge in [-0.25, -0.2) is 0 Å². The van der Waals surface area contributed by atoms with Gasteiger partial charge in [-0.1, -0.05) is 41.9 Å². The van der Waals surface area contributed by atoms with Crippen molar-refractivity contribution in [2.45, 2.75) is 18.8 Å². The standard InChI is InChI=1S/C22H20ClN3O2S/c1-26(2)22(28)16-11-10-15(12-17(16)23)24-21(27)20-18(13-8-9-13)19(25-29-20)14-6-4-3-5-7-14/h3-7,10-13H,8-9H2,1-2H3,(H,24,27). The monoisotopic (exact) mass is 425 g/mol. The fourth-order valence-corrected chi connectivity index (χ4v) is 4.35. The molecular formula is C22H20ClN3O2S. The first-order valence-corrected chi connectivity index (χ1v) is 10.5. The summed E-state index contributed by atoms with van der Waals surface area (Å²) in [6.07, 6.45) is 2.15. The molecule has 1 aliphatic rings. The molecule has 148 valence electrons. The van der Waals surface area contributed by atoms with Crippen molar-refractivity contribution in [1.82, 2.24) is 9.27 Å². The van der Waals surface area contributed by atoms with Crippen LogP contribution in [0, 0.1) is 0 Å². The number of anilines is 1. The lowest BCUT2D eigenvalue weighted by Gasteiger charge is -2.13. The average Bonchev–Trinajstić information content (AvgIpc) is 3.45. The van der Waals surface area contributed by atoms with Crippen LogP contribution < -0.4 is 5.32 Å². The predicted octanol–water partition coefficient (Wildman–Crippen LogP) is 5.30. The van der Waals surface area contributed by atoms with Crippen LogP contribution in [-0.4, -0.2) is 35.2 Å². The number of aromatic nitrogens is 1. The molecule has 0 unspecified atom stereocenters. The summed E-state index contributed by atoms with van der Waals surface area (Å²) < 4.78 is 4.59. The topological polar surface area (TPSA) is 62.3 Å². The molecule has 1 aromatic heterocycles. The number of hydrogen-bond acceptors (Lipinski definition) is 4. The third kappa shape index (κ3) is 4.04. The van der Waals surface area contributed by atoms with E-state index in [0.717, 1.165) is 29.7 Å². The molecule has 5 nitrogen and oxygen atoms in total. The quantitative estimate of drug-likeness (QED) is 0.603. The van der Waals surface area contributed by atoms with E-state index in [9.17, 15) is 9.59 Å². The summed E-state index contributed by atoms with van der Waals surface area (Å²) in [6.45, 7) is 0. The highest BCUT2D eigenvalue weighted by atomic mass is 35.5. The van der Waals surface area contributed by atoms with Crippen LogP contribution >= 0.6 is 23.1 Å². The first-order chi connectivity index (χ1) is 14.0. The molecule has 3 aromatic rings. The zero-order chi connectivity index (χ0) is 20.5. The molecule has 0 atom stereocenters. The lowest BCUT2D eigenvalue weighted by atomic mass is 10.0. The largest absolute Gasteiger partial charge is 0.345 e. The molecule has 1 N–H and O–H groups in total. The second-order valence-corrected chi connectivity index (χ2v) is 8.44. The number of carbonyl (C=O) groups is 2. The zero-order valence-corrected chi connectivity index (χ0v) is 17.7. The van der Waals surface area contributed by atoms with Crippen molar-refractivity contribution in [1.29, 1.82) is 0 Å². The van der Waals surface area contributed by atoms with E-state index in [1.807, 2.05) is 30.3 Å². The van der Waals surface area contributed by atoms with E-state index in [1.54, 1.807) is 32.3 Å². The van der Waals surface area contributed by atoms with Gasteiger partial charge in [0.2, 0.25) is 0 Å².